The van der Waals surface area contributed by atoms with Crippen LogP contribution >= 0.6 is 0 Å². The molecule has 7 rings (SSSR count). The first-order valence-corrected chi connectivity index (χ1v) is 11.9. The summed E-state index contributed by atoms with van der Waals surface area (Å²) in [5.41, 5.74) is 6.90. The fraction of sp³-hybridized carbons (Fsp3) is 0.0645. The Hall–Kier alpha value is -5.13. The van der Waals surface area contributed by atoms with Gasteiger partial charge in [-0.15, -0.1) is 0 Å². The van der Waals surface area contributed by atoms with E-state index in [1.807, 2.05) is 66.7 Å². The summed E-state index contributed by atoms with van der Waals surface area (Å²) in [6.07, 6.45) is 3.55. The fourth-order valence-electron chi connectivity index (χ4n) is 5.53. The van der Waals surface area contributed by atoms with Gasteiger partial charge < -0.3 is 0 Å². The van der Waals surface area contributed by atoms with Crippen LogP contribution in [0.3, 0.4) is 0 Å². The minimum absolute atomic E-state index is 0.641. The highest BCUT2D eigenvalue weighted by atomic mass is 15.1. The molecule has 0 amide bonds. The second-order valence-corrected chi connectivity index (χ2v) is 9.04. The van der Waals surface area contributed by atoms with Crippen molar-refractivity contribution in [2.75, 3.05) is 0 Å². The SMILES string of the molecule is N#CC1=Cc2c(n(-c3cccc(-n4c5ccccc5c5cc(C#N)ccc54)n3)c3ccccc23)CC1. The molecule has 3 aromatic carbocycles. The molecule has 5 nitrogen and oxygen atoms in total. The molecule has 0 spiro atoms. The second kappa shape index (κ2) is 7.70. The van der Waals surface area contributed by atoms with Crippen LogP contribution in [0.15, 0.2) is 90.5 Å². The van der Waals surface area contributed by atoms with Crippen LogP contribution in [0.1, 0.15) is 23.2 Å². The van der Waals surface area contributed by atoms with Gasteiger partial charge in [0, 0.05) is 33.0 Å². The van der Waals surface area contributed by atoms with Crippen LogP contribution < -0.4 is 0 Å². The van der Waals surface area contributed by atoms with E-state index in [1.165, 1.54) is 5.69 Å². The highest BCUT2D eigenvalue weighted by Crippen LogP contribution is 2.36. The molecule has 0 unspecified atom stereocenters. The second-order valence-electron chi connectivity index (χ2n) is 9.04. The number of hydrogen-bond donors (Lipinski definition) is 0. The van der Waals surface area contributed by atoms with Crippen molar-refractivity contribution >= 4 is 38.8 Å². The van der Waals surface area contributed by atoms with E-state index in [9.17, 15) is 10.5 Å². The lowest BCUT2D eigenvalue weighted by atomic mass is 9.96. The van der Waals surface area contributed by atoms with Gasteiger partial charge in [0.05, 0.1) is 34.3 Å². The maximum Gasteiger partial charge on any atom is 0.140 e. The van der Waals surface area contributed by atoms with Gasteiger partial charge in [-0.1, -0.05) is 42.5 Å². The molecule has 0 saturated heterocycles. The highest BCUT2D eigenvalue weighted by molar-refractivity contribution is 6.09. The van der Waals surface area contributed by atoms with Gasteiger partial charge in [0.25, 0.3) is 0 Å². The third-order valence-electron chi connectivity index (χ3n) is 7.09. The Morgan fingerprint density at radius 2 is 1.33 bits per heavy atom. The zero-order valence-electron chi connectivity index (χ0n) is 19.3. The Bertz CT molecular complexity index is 1970. The van der Waals surface area contributed by atoms with Gasteiger partial charge >= 0.3 is 0 Å². The highest BCUT2D eigenvalue weighted by Gasteiger charge is 2.22. The van der Waals surface area contributed by atoms with E-state index < -0.39 is 0 Å². The molecule has 6 aromatic rings. The number of fused-ring (bicyclic) bond motifs is 6. The first-order chi connectivity index (χ1) is 17.8. The number of para-hydroxylation sites is 2. The van der Waals surface area contributed by atoms with Gasteiger partial charge in [-0.05, 0) is 61.4 Å². The molecular formula is C31H19N5. The van der Waals surface area contributed by atoms with E-state index in [2.05, 4.69) is 45.5 Å². The Labute approximate surface area is 207 Å². The first kappa shape index (κ1) is 20.3. The van der Waals surface area contributed by atoms with Gasteiger partial charge in [-0.2, -0.15) is 10.5 Å². The fourth-order valence-corrected chi connectivity index (χ4v) is 5.53. The Kier molecular flexibility index (Phi) is 4.33. The van der Waals surface area contributed by atoms with Crippen LogP contribution in [0.25, 0.3) is 50.4 Å². The van der Waals surface area contributed by atoms with Gasteiger partial charge in [-0.25, -0.2) is 4.98 Å². The summed E-state index contributed by atoms with van der Waals surface area (Å²) in [5, 5.41) is 22.2. The van der Waals surface area contributed by atoms with E-state index in [4.69, 9.17) is 4.98 Å². The molecule has 3 aromatic heterocycles. The van der Waals surface area contributed by atoms with Crippen LogP contribution in [0, 0.1) is 22.7 Å². The topological polar surface area (TPSA) is 70.3 Å². The number of hydrogen-bond acceptors (Lipinski definition) is 3. The molecule has 0 bridgehead atoms. The molecule has 0 N–H and O–H groups in total. The number of benzene rings is 3. The summed E-state index contributed by atoms with van der Waals surface area (Å²) in [4.78, 5) is 5.17. The van der Waals surface area contributed by atoms with Crippen molar-refractivity contribution in [1.29, 1.82) is 10.5 Å². The number of allylic oxidation sites excluding steroid dienone is 1. The van der Waals surface area contributed by atoms with Gasteiger partial charge in [0.2, 0.25) is 0 Å². The van der Waals surface area contributed by atoms with Crippen molar-refractivity contribution in [3.63, 3.8) is 0 Å². The van der Waals surface area contributed by atoms with E-state index in [1.54, 1.807) is 0 Å². The van der Waals surface area contributed by atoms with Gasteiger partial charge in [0.15, 0.2) is 0 Å². The molecule has 1 aliphatic rings. The van der Waals surface area contributed by atoms with Gasteiger partial charge in [-0.3, -0.25) is 9.13 Å². The smallest absolute Gasteiger partial charge is 0.140 e. The summed E-state index contributed by atoms with van der Waals surface area (Å²) >= 11 is 0. The molecule has 5 heteroatoms. The average molecular weight is 462 g/mol. The first-order valence-electron chi connectivity index (χ1n) is 11.9. The van der Waals surface area contributed by atoms with E-state index >= 15 is 0 Å². The molecule has 36 heavy (non-hydrogen) atoms. The predicted octanol–water partition coefficient (Wildman–Crippen LogP) is 6.85. The molecule has 168 valence electrons. The number of aromatic nitrogens is 3. The van der Waals surface area contributed by atoms with E-state index in [-0.39, 0.29) is 0 Å². The maximum atomic E-state index is 9.50. The molecular weight excluding hydrogens is 442 g/mol. The summed E-state index contributed by atoms with van der Waals surface area (Å²) in [6, 6.07) is 33.1. The van der Waals surface area contributed by atoms with E-state index in [0.29, 0.717) is 5.56 Å². The standard InChI is InChI=1S/C31H19N5/c32-18-20-12-14-28-24(16-20)22-6-1-3-8-26(22)35(28)30-10-5-11-31(34-30)36-27-9-4-2-7-23(27)25-17-21(19-33)13-15-29(25)36/h1-12,14,16-17H,13,15H2. The zero-order valence-corrected chi connectivity index (χ0v) is 19.3. The van der Waals surface area contributed by atoms with Crippen LogP contribution in [0.4, 0.5) is 0 Å². The van der Waals surface area contributed by atoms with Crippen molar-refractivity contribution in [3.8, 4) is 23.8 Å². The van der Waals surface area contributed by atoms with Crippen molar-refractivity contribution in [1.82, 2.24) is 14.1 Å². The summed E-state index contributed by atoms with van der Waals surface area (Å²) in [6.45, 7) is 0. The normalized spacial score (nSPS) is 12.9. The van der Waals surface area contributed by atoms with Crippen LogP contribution in [0.5, 0.6) is 0 Å². The Balaban J connectivity index is 1.50. The van der Waals surface area contributed by atoms with Crippen LogP contribution in [-0.4, -0.2) is 14.1 Å². The average Bonchev–Trinajstić information content (AvgIpc) is 3.45. The summed E-state index contributed by atoms with van der Waals surface area (Å²) in [5.74, 6) is 1.66. The largest absolute Gasteiger partial charge is 0.297 e. The number of pyridine rings is 1. The molecule has 0 fully saturated rings. The van der Waals surface area contributed by atoms with Gasteiger partial charge in [0.1, 0.15) is 11.6 Å². The summed E-state index contributed by atoms with van der Waals surface area (Å²) < 4.78 is 4.40. The van der Waals surface area contributed by atoms with Crippen molar-refractivity contribution < 1.29 is 0 Å². The Morgan fingerprint density at radius 3 is 2.11 bits per heavy atom. The zero-order chi connectivity index (χ0) is 24.2. The van der Waals surface area contributed by atoms with Crippen molar-refractivity contribution in [2.24, 2.45) is 0 Å². The van der Waals surface area contributed by atoms with Crippen LogP contribution in [0.2, 0.25) is 0 Å². The molecule has 0 atom stereocenters. The molecule has 3 heterocycles. The molecule has 0 radical (unpaired) electrons. The number of nitriles is 2. The maximum absolute atomic E-state index is 9.50. The monoisotopic (exact) mass is 461 g/mol. The molecule has 0 aliphatic heterocycles. The molecule has 1 aliphatic carbocycles. The minimum Gasteiger partial charge on any atom is -0.297 e. The summed E-state index contributed by atoms with van der Waals surface area (Å²) in [7, 11) is 0. The third-order valence-corrected chi connectivity index (χ3v) is 7.09. The lowest BCUT2D eigenvalue weighted by Crippen LogP contribution is -2.08. The van der Waals surface area contributed by atoms with E-state index in [0.717, 1.165) is 68.3 Å². The number of rotatable bonds is 2. The van der Waals surface area contributed by atoms with Crippen molar-refractivity contribution in [2.45, 2.75) is 12.8 Å². The van der Waals surface area contributed by atoms with Crippen molar-refractivity contribution in [3.05, 3.63) is 107 Å². The quantitative estimate of drug-likeness (QED) is 0.283. The van der Waals surface area contributed by atoms with Crippen LogP contribution in [-0.2, 0) is 6.42 Å². The lowest BCUT2D eigenvalue weighted by molar-refractivity contribution is 0.852. The molecule has 0 saturated carbocycles. The third kappa shape index (κ3) is 2.84. The predicted molar refractivity (Wildman–Crippen MR) is 142 cm³/mol. The Morgan fingerprint density at radius 1 is 0.639 bits per heavy atom. The lowest BCUT2D eigenvalue weighted by Gasteiger charge is -2.15. The number of nitrogens with zero attached hydrogens (tertiary/aromatic N) is 5. The minimum atomic E-state index is 0.641.